The van der Waals surface area contributed by atoms with Crippen molar-refractivity contribution in [3.05, 3.63) is 68.7 Å². The van der Waals surface area contributed by atoms with E-state index in [0.717, 1.165) is 10.6 Å². The van der Waals surface area contributed by atoms with E-state index in [9.17, 15) is 18.8 Å². The summed E-state index contributed by atoms with van der Waals surface area (Å²) in [5.74, 6) is -0.869. The summed E-state index contributed by atoms with van der Waals surface area (Å²) in [6, 6.07) is 6.74. The Bertz CT molecular complexity index is 766. The van der Waals surface area contributed by atoms with Crippen LogP contribution >= 0.6 is 0 Å². The number of aromatic amines is 1. The third-order valence-electron chi connectivity index (χ3n) is 2.96. The summed E-state index contributed by atoms with van der Waals surface area (Å²) in [4.78, 5) is 36.3. The molecule has 110 valence electrons. The number of carbonyl (C=O) groups excluding carboxylic acids is 1. The van der Waals surface area contributed by atoms with Gasteiger partial charge in [0.2, 0.25) is 5.91 Å². The lowest BCUT2D eigenvalue weighted by Gasteiger charge is -2.15. The van der Waals surface area contributed by atoms with Crippen LogP contribution in [0.2, 0.25) is 0 Å². The SMILES string of the molecule is CC(NC(=O)Cn1ccc(=O)[nH]c1=O)c1ccccc1F. The van der Waals surface area contributed by atoms with Crippen molar-refractivity contribution in [1.82, 2.24) is 14.9 Å². The summed E-state index contributed by atoms with van der Waals surface area (Å²) < 4.78 is 14.6. The van der Waals surface area contributed by atoms with Crippen molar-refractivity contribution in [3.8, 4) is 0 Å². The molecule has 6 nitrogen and oxygen atoms in total. The van der Waals surface area contributed by atoms with E-state index in [1.54, 1.807) is 25.1 Å². The van der Waals surface area contributed by atoms with Crippen LogP contribution in [-0.2, 0) is 11.3 Å². The zero-order chi connectivity index (χ0) is 15.4. The Morgan fingerprint density at radius 1 is 1.33 bits per heavy atom. The van der Waals surface area contributed by atoms with Gasteiger partial charge in [0.15, 0.2) is 0 Å². The van der Waals surface area contributed by atoms with Crippen molar-refractivity contribution in [2.45, 2.75) is 19.5 Å². The molecule has 0 aliphatic carbocycles. The van der Waals surface area contributed by atoms with Gasteiger partial charge in [0.1, 0.15) is 12.4 Å². The average molecular weight is 291 g/mol. The maximum Gasteiger partial charge on any atom is 0.328 e. The van der Waals surface area contributed by atoms with E-state index >= 15 is 0 Å². The number of nitrogens with one attached hydrogen (secondary N) is 2. The summed E-state index contributed by atoms with van der Waals surface area (Å²) in [7, 11) is 0. The monoisotopic (exact) mass is 291 g/mol. The molecule has 1 unspecified atom stereocenters. The number of hydrogen-bond donors (Lipinski definition) is 2. The van der Waals surface area contributed by atoms with E-state index in [4.69, 9.17) is 0 Å². The lowest BCUT2D eigenvalue weighted by Crippen LogP contribution is -2.36. The molecule has 2 rings (SSSR count). The van der Waals surface area contributed by atoms with Gasteiger partial charge in [-0.1, -0.05) is 18.2 Å². The van der Waals surface area contributed by atoms with Crippen molar-refractivity contribution in [2.75, 3.05) is 0 Å². The fourth-order valence-corrected chi connectivity index (χ4v) is 1.91. The first-order chi connectivity index (χ1) is 9.97. The Labute approximate surface area is 119 Å². The Morgan fingerprint density at radius 3 is 2.71 bits per heavy atom. The molecule has 1 heterocycles. The fourth-order valence-electron chi connectivity index (χ4n) is 1.91. The maximum atomic E-state index is 13.6. The summed E-state index contributed by atoms with van der Waals surface area (Å²) in [5, 5.41) is 2.60. The average Bonchev–Trinajstić information content (AvgIpc) is 2.42. The van der Waals surface area contributed by atoms with Crippen molar-refractivity contribution >= 4 is 5.91 Å². The molecule has 0 saturated carbocycles. The van der Waals surface area contributed by atoms with Gasteiger partial charge < -0.3 is 5.32 Å². The Hall–Kier alpha value is -2.70. The molecule has 0 radical (unpaired) electrons. The molecule has 1 aromatic carbocycles. The van der Waals surface area contributed by atoms with Crippen molar-refractivity contribution in [2.24, 2.45) is 0 Å². The summed E-state index contributed by atoms with van der Waals surface area (Å²) in [6.07, 6.45) is 1.23. The zero-order valence-corrected chi connectivity index (χ0v) is 11.3. The molecule has 2 aromatic rings. The predicted molar refractivity (Wildman–Crippen MR) is 74.3 cm³/mol. The third kappa shape index (κ3) is 3.65. The largest absolute Gasteiger partial charge is 0.348 e. The highest BCUT2D eigenvalue weighted by molar-refractivity contribution is 5.76. The van der Waals surface area contributed by atoms with Gasteiger partial charge in [-0.15, -0.1) is 0 Å². The molecule has 7 heteroatoms. The van der Waals surface area contributed by atoms with E-state index in [1.807, 2.05) is 0 Å². The number of H-pyrrole nitrogens is 1. The maximum absolute atomic E-state index is 13.6. The van der Waals surface area contributed by atoms with Crippen LogP contribution < -0.4 is 16.6 Å². The van der Waals surface area contributed by atoms with Gasteiger partial charge in [0.25, 0.3) is 5.56 Å². The van der Waals surface area contributed by atoms with Gasteiger partial charge in [-0.3, -0.25) is 19.1 Å². The zero-order valence-electron chi connectivity index (χ0n) is 11.3. The number of benzene rings is 1. The molecule has 0 aliphatic heterocycles. The van der Waals surface area contributed by atoms with Crippen LogP contribution in [0, 0.1) is 5.82 Å². The molecule has 21 heavy (non-hydrogen) atoms. The third-order valence-corrected chi connectivity index (χ3v) is 2.96. The van der Waals surface area contributed by atoms with E-state index < -0.39 is 29.0 Å². The topological polar surface area (TPSA) is 84.0 Å². The van der Waals surface area contributed by atoms with E-state index in [1.165, 1.54) is 12.3 Å². The Balaban J connectivity index is 2.07. The summed E-state index contributed by atoms with van der Waals surface area (Å²) in [6.45, 7) is 1.39. The van der Waals surface area contributed by atoms with Gasteiger partial charge in [-0.05, 0) is 13.0 Å². The summed E-state index contributed by atoms with van der Waals surface area (Å²) in [5.41, 5.74) is -0.841. The van der Waals surface area contributed by atoms with E-state index in [-0.39, 0.29) is 6.54 Å². The molecule has 1 amide bonds. The first kappa shape index (κ1) is 14.7. The molecule has 0 spiro atoms. The molecular formula is C14H14FN3O3. The predicted octanol–water partition coefficient (Wildman–Crippen LogP) is 0.553. The molecule has 0 bridgehead atoms. The van der Waals surface area contributed by atoms with Crippen molar-refractivity contribution < 1.29 is 9.18 Å². The van der Waals surface area contributed by atoms with E-state index in [0.29, 0.717) is 5.56 Å². The number of nitrogens with zero attached hydrogens (tertiary/aromatic N) is 1. The number of hydrogen-bond acceptors (Lipinski definition) is 3. The number of carbonyl (C=O) groups is 1. The highest BCUT2D eigenvalue weighted by Crippen LogP contribution is 2.15. The number of rotatable bonds is 4. The second kappa shape index (κ2) is 6.17. The minimum Gasteiger partial charge on any atom is -0.348 e. The number of amides is 1. The van der Waals surface area contributed by atoms with Gasteiger partial charge in [0, 0.05) is 17.8 Å². The number of halogens is 1. The standard InChI is InChI=1S/C14H14FN3O3/c1-9(10-4-2-3-5-11(10)15)16-13(20)8-18-7-6-12(19)17-14(18)21/h2-7,9H,8H2,1H3,(H,16,20)(H,17,19,21). The van der Waals surface area contributed by atoms with Crippen LogP contribution in [0.4, 0.5) is 4.39 Å². The first-order valence-corrected chi connectivity index (χ1v) is 6.31. The lowest BCUT2D eigenvalue weighted by molar-refractivity contribution is -0.122. The molecule has 0 fully saturated rings. The van der Waals surface area contributed by atoms with Crippen LogP contribution in [0.25, 0.3) is 0 Å². The molecule has 1 atom stereocenters. The summed E-state index contributed by atoms with van der Waals surface area (Å²) >= 11 is 0. The highest BCUT2D eigenvalue weighted by Gasteiger charge is 2.13. The van der Waals surface area contributed by atoms with Gasteiger partial charge in [-0.2, -0.15) is 0 Å². The first-order valence-electron chi connectivity index (χ1n) is 6.31. The lowest BCUT2D eigenvalue weighted by atomic mass is 10.1. The van der Waals surface area contributed by atoms with Crippen LogP contribution in [0.3, 0.4) is 0 Å². The minimum atomic E-state index is -0.670. The smallest absolute Gasteiger partial charge is 0.328 e. The normalized spacial score (nSPS) is 11.9. The molecule has 0 saturated heterocycles. The van der Waals surface area contributed by atoms with Gasteiger partial charge in [0.05, 0.1) is 6.04 Å². The number of aromatic nitrogens is 2. The molecule has 0 aliphatic rings. The Kier molecular flexibility index (Phi) is 4.32. The minimum absolute atomic E-state index is 0.256. The Morgan fingerprint density at radius 2 is 2.05 bits per heavy atom. The van der Waals surface area contributed by atoms with Crippen molar-refractivity contribution in [1.29, 1.82) is 0 Å². The van der Waals surface area contributed by atoms with E-state index in [2.05, 4.69) is 10.3 Å². The quantitative estimate of drug-likeness (QED) is 0.863. The molecule has 2 N–H and O–H groups in total. The van der Waals surface area contributed by atoms with Crippen LogP contribution in [0.1, 0.15) is 18.5 Å². The van der Waals surface area contributed by atoms with Gasteiger partial charge >= 0.3 is 5.69 Å². The highest BCUT2D eigenvalue weighted by atomic mass is 19.1. The fraction of sp³-hybridized carbons (Fsp3) is 0.214. The second-order valence-corrected chi connectivity index (χ2v) is 4.55. The van der Waals surface area contributed by atoms with Crippen LogP contribution in [-0.4, -0.2) is 15.5 Å². The van der Waals surface area contributed by atoms with Crippen molar-refractivity contribution in [3.63, 3.8) is 0 Å². The van der Waals surface area contributed by atoms with Crippen LogP contribution in [0.15, 0.2) is 46.1 Å². The molecular weight excluding hydrogens is 277 g/mol. The van der Waals surface area contributed by atoms with Gasteiger partial charge in [-0.25, -0.2) is 9.18 Å². The molecule has 1 aromatic heterocycles. The van der Waals surface area contributed by atoms with Crippen LogP contribution in [0.5, 0.6) is 0 Å². The second-order valence-electron chi connectivity index (χ2n) is 4.55.